The van der Waals surface area contributed by atoms with Gasteiger partial charge in [0.15, 0.2) is 0 Å². The number of pyridine rings is 1. The van der Waals surface area contributed by atoms with E-state index >= 15 is 0 Å². The fourth-order valence-corrected chi connectivity index (χ4v) is 3.53. The summed E-state index contributed by atoms with van der Waals surface area (Å²) >= 11 is 0. The van der Waals surface area contributed by atoms with Crippen molar-refractivity contribution in [2.24, 2.45) is 0 Å². The van der Waals surface area contributed by atoms with Gasteiger partial charge < -0.3 is 5.11 Å². The van der Waals surface area contributed by atoms with Crippen LogP contribution in [0, 0.1) is 0 Å². The lowest BCUT2D eigenvalue weighted by Gasteiger charge is -2.49. The van der Waals surface area contributed by atoms with Gasteiger partial charge in [-0.05, 0) is 6.07 Å². The molecule has 0 radical (unpaired) electrons. The summed E-state index contributed by atoms with van der Waals surface area (Å²) in [6, 6.07) is 10.3. The lowest BCUT2D eigenvalue weighted by atomic mass is 9.95. The molecule has 4 heterocycles. The molecule has 2 bridgehead atoms. The summed E-state index contributed by atoms with van der Waals surface area (Å²) in [5.74, 6) is 0. The Hall–Kier alpha value is -1.49. The SMILES string of the molecule is OC(c1cccc2cccnc12)C1CN2CCN1CC2. The van der Waals surface area contributed by atoms with Crippen LogP contribution in [-0.4, -0.2) is 58.7 Å². The fourth-order valence-electron chi connectivity index (χ4n) is 3.53. The van der Waals surface area contributed by atoms with Crippen molar-refractivity contribution in [2.45, 2.75) is 12.1 Å². The second kappa shape index (κ2) is 4.81. The highest BCUT2D eigenvalue weighted by atomic mass is 16.3. The normalized spacial score (nSPS) is 30.6. The highest BCUT2D eigenvalue weighted by Crippen LogP contribution is 2.30. The summed E-state index contributed by atoms with van der Waals surface area (Å²) < 4.78 is 0. The predicted octanol–water partition coefficient (Wildman–Crippen LogP) is 1.27. The average molecular weight is 269 g/mol. The summed E-state index contributed by atoms with van der Waals surface area (Å²) in [6.07, 6.45) is 1.34. The van der Waals surface area contributed by atoms with Gasteiger partial charge in [-0.2, -0.15) is 0 Å². The predicted molar refractivity (Wildman–Crippen MR) is 78.5 cm³/mol. The molecule has 1 aromatic heterocycles. The molecule has 3 saturated heterocycles. The number of fused-ring (bicyclic) bond motifs is 4. The number of nitrogens with zero attached hydrogens (tertiary/aromatic N) is 3. The van der Waals surface area contributed by atoms with Crippen molar-refractivity contribution >= 4 is 10.9 Å². The molecule has 0 amide bonds. The van der Waals surface area contributed by atoms with Crippen LogP contribution in [0.25, 0.3) is 10.9 Å². The number of hydrogen-bond donors (Lipinski definition) is 1. The molecule has 2 atom stereocenters. The molecule has 3 fully saturated rings. The van der Waals surface area contributed by atoms with E-state index in [9.17, 15) is 5.11 Å². The number of piperazine rings is 3. The molecule has 104 valence electrons. The number of para-hydroxylation sites is 1. The third-order valence-electron chi connectivity index (χ3n) is 4.67. The lowest BCUT2D eigenvalue weighted by molar-refractivity contribution is -0.0466. The van der Waals surface area contributed by atoms with Gasteiger partial charge in [-0.15, -0.1) is 0 Å². The fraction of sp³-hybridized carbons (Fsp3) is 0.438. The van der Waals surface area contributed by atoms with Crippen LogP contribution >= 0.6 is 0 Å². The summed E-state index contributed by atoms with van der Waals surface area (Å²) in [5.41, 5.74) is 1.89. The van der Waals surface area contributed by atoms with Crippen LogP contribution in [0.4, 0.5) is 0 Å². The van der Waals surface area contributed by atoms with Crippen LogP contribution in [-0.2, 0) is 0 Å². The molecule has 2 unspecified atom stereocenters. The Labute approximate surface area is 118 Å². The third-order valence-corrected chi connectivity index (χ3v) is 4.67. The topological polar surface area (TPSA) is 39.6 Å². The molecule has 4 nitrogen and oxygen atoms in total. The van der Waals surface area contributed by atoms with Crippen LogP contribution < -0.4 is 0 Å². The molecule has 0 spiro atoms. The maximum absolute atomic E-state index is 10.9. The number of aliphatic hydroxyl groups excluding tert-OH is 1. The highest BCUT2D eigenvalue weighted by Gasteiger charge is 2.37. The first-order chi connectivity index (χ1) is 9.83. The minimum Gasteiger partial charge on any atom is -0.387 e. The maximum Gasteiger partial charge on any atom is 0.0978 e. The first kappa shape index (κ1) is 12.3. The molecule has 3 aliphatic heterocycles. The quantitative estimate of drug-likeness (QED) is 0.891. The minimum atomic E-state index is -0.461. The van der Waals surface area contributed by atoms with Crippen LogP contribution in [0.5, 0.6) is 0 Å². The van der Waals surface area contributed by atoms with E-state index in [-0.39, 0.29) is 6.04 Å². The van der Waals surface area contributed by atoms with Crippen LogP contribution in [0.1, 0.15) is 11.7 Å². The molecular formula is C16H19N3O. The monoisotopic (exact) mass is 269 g/mol. The van der Waals surface area contributed by atoms with Crippen molar-refractivity contribution in [1.29, 1.82) is 0 Å². The van der Waals surface area contributed by atoms with Gasteiger partial charge in [0, 0.05) is 49.9 Å². The molecule has 4 heteroatoms. The second-order valence-corrected chi connectivity index (χ2v) is 5.77. The Morgan fingerprint density at radius 1 is 1.10 bits per heavy atom. The molecular weight excluding hydrogens is 250 g/mol. The van der Waals surface area contributed by atoms with Gasteiger partial charge in [0.05, 0.1) is 17.7 Å². The van der Waals surface area contributed by atoms with Crippen molar-refractivity contribution in [3.05, 3.63) is 42.1 Å². The van der Waals surface area contributed by atoms with E-state index in [1.54, 1.807) is 6.20 Å². The van der Waals surface area contributed by atoms with Gasteiger partial charge in [0.2, 0.25) is 0 Å². The standard InChI is InChI=1S/C16H19N3O/c20-16(14-11-18-7-9-19(14)10-8-18)13-5-1-3-12-4-2-6-17-15(12)13/h1-6,14,16,20H,7-11H2. The van der Waals surface area contributed by atoms with Gasteiger partial charge >= 0.3 is 0 Å². The lowest BCUT2D eigenvalue weighted by Crippen LogP contribution is -2.62. The number of hydrogen-bond acceptors (Lipinski definition) is 4. The van der Waals surface area contributed by atoms with Crippen molar-refractivity contribution in [2.75, 3.05) is 32.7 Å². The molecule has 1 N–H and O–H groups in total. The molecule has 1 aromatic carbocycles. The Morgan fingerprint density at radius 3 is 2.65 bits per heavy atom. The van der Waals surface area contributed by atoms with Gasteiger partial charge in [-0.25, -0.2) is 0 Å². The first-order valence-electron chi connectivity index (χ1n) is 7.31. The molecule has 0 saturated carbocycles. The smallest absolute Gasteiger partial charge is 0.0978 e. The Morgan fingerprint density at radius 2 is 1.90 bits per heavy atom. The van der Waals surface area contributed by atoms with E-state index in [4.69, 9.17) is 0 Å². The van der Waals surface area contributed by atoms with Gasteiger partial charge in [0.25, 0.3) is 0 Å². The van der Waals surface area contributed by atoms with E-state index in [1.807, 2.05) is 18.2 Å². The summed E-state index contributed by atoms with van der Waals surface area (Å²) in [4.78, 5) is 9.34. The van der Waals surface area contributed by atoms with E-state index in [1.165, 1.54) is 0 Å². The summed E-state index contributed by atoms with van der Waals surface area (Å²) in [6.45, 7) is 5.37. The van der Waals surface area contributed by atoms with E-state index in [0.717, 1.165) is 49.2 Å². The zero-order valence-corrected chi connectivity index (χ0v) is 11.4. The Bertz CT molecular complexity index is 617. The van der Waals surface area contributed by atoms with Crippen molar-refractivity contribution in [1.82, 2.24) is 14.8 Å². The van der Waals surface area contributed by atoms with E-state index in [2.05, 4.69) is 26.9 Å². The van der Waals surface area contributed by atoms with Crippen LogP contribution in [0.2, 0.25) is 0 Å². The van der Waals surface area contributed by atoms with Crippen LogP contribution in [0.15, 0.2) is 36.5 Å². The molecule has 2 aromatic rings. The van der Waals surface area contributed by atoms with Crippen LogP contribution in [0.3, 0.4) is 0 Å². The van der Waals surface area contributed by atoms with Crippen molar-refractivity contribution in [3.8, 4) is 0 Å². The van der Waals surface area contributed by atoms with Crippen molar-refractivity contribution in [3.63, 3.8) is 0 Å². The number of aromatic nitrogens is 1. The number of rotatable bonds is 2. The molecule has 0 aliphatic carbocycles. The number of aliphatic hydroxyl groups is 1. The zero-order valence-electron chi connectivity index (χ0n) is 11.4. The minimum absolute atomic E-state index is 0.199. The largest absolute Gasteiger partial charge is 0.387 e. The van der Waals surface area contributed by atoms with E-state index < -0.39 is 6.10 Å². The highest BCUT2D eigenvalue weighted by molar-refractivity contribution is 5.81. The maximum atomic E-state index is 10.9. The van der Waals surface area contributed by atoms with Gasteiger partial charge in [-0.1, -0.05) is 24.3 Å². The molecule has 3 aliphatic rings. The van der Waals surface area contributed by atoms with E-state index in [0.29, 0.717) is 0 Å². The Kier molecular flexibility index (Phi) is 2.95. The zero-order chi connectivity index (χ0) is 13.5. The molecule has 20 heavy (non-hydrogen) atoms. The van der Waals surface area contributed by atoms with Gasteiger partial charge in [0.1, 0.15) is 0 Å². The van der Waals surface area contributed by atoms with Crippen molar-refractivity contribution < 1.29 is 5.11 Å². The Balaban J connectivity index is 1.72. The average Bonchev–Trinajstić information content (AvgIpc) is 2.54. The third kappa shape index (κ3) is 1.92. The summed E-state index contributed by atoms with van der Waals surface area (Å²) in [5, 5.41) is 12.0. The van der Waals surface area contributed by atoms with Gasteiger partial charge in [-0.3, -0.25) is 14.8 Å². The second-order valence-electron chi connectivity index (χ2n) is 5.77. The molecule has 5 rings (SSSR count). The summed E-state index contributed by atoms with van der Waals surface area (Å²) in [7, 11) is 0. The number of benzene rings is 1. The first-order valence-corrected chi connectivity index (χ1v) is 7.31.